The summed E-state index contributed by atoms with van der Waals surface area (Å²) in [5, 5.41) is 13.2. The van der Waals surface area contributed by atoms with Gasteiger partial charge in [-0.25, -0.2) is 4.98 Å². The number of aryl methyl sites for hydroxylation is 2. The lowest BCUT2D eigenvalue weighted by Gasteiger charge is -2.12. The average molecular weight is 359 g/mol. The Bertz CT molecular complexity index is 722. The van der Waals surface area contributed by atoms with Gasteiger partial charge in [0.25, 0.3) is 0 Å². The van der Waals surface area contributed by atoms with Gasteiger partial charge in [-0.05, 0) is 44.4 Å². The third-order valence-corrected chi connectivity index (χ3v) is 4.91. The molecule has 1 aromatic heterocycles. The van der Waals surface area contributed by atoms with E-state index in [0.29, 0.717) is 13.0 Å². The molecule has 25 heavy (non-hydrogen) atoms. The zero-order valence-electron chi connectivity index (χ0n) is 15.1. The summed E-state index contributed by atoms with van der Waals surface area (Å²) in [7, 11) is 1.63. The van der Waals surface area contributed by atoms with Crippen molar-refractivity contribution in [2.45, 2.75) is 39.7 Å². The van der Waals surface area contributed by atoms with Crippen LogP contribution in [0, 0.1) is 25.2 Å². The summed E-state index contributed by atoms with van der Waals surface area (Å²) in [6, 6.07) is 8.08. The zero-order valence-corrected chi connectivity index (χ0v) is 15.9. The Labute approximate surface area is 153 Å². The Morgan fingerprint density at radius 2 is 2.12 bits per heavy atom. The largest absolute Gasteiger partial charge is 0.493 e. The van der Waals surface area contributed by atoms with Crippen LogP contribution in [0.2, 0.25) is 0 Å². The van der Waals surface area contributed by atoms with Crippen molar-refractivity contribution in [3.63, 3.8) is 0 Å². The number of rotatable bonds is 10. The molecule has 1 N–H and O–H groups in total. The van der Waals surface area contributed by atoms with Gasteiger partial charge >= 0.3 is 0 Å². The summed E-state index contributed by atoms with van der Waals surface area (Å²) in [6.45, 7) is 6.31. The number of hydrogen-bond acceptors (Lipinski definition) is 6. The molecule has 0 saturated carbocycles. The third-order valence-electron chi connectivity index (χ3n) is 3.78. The van der Waals surface area contributed by atoms with Gasteiger partial charge in [0.1, 0.15) is 0 Å². The van der Waals surface area contributed by atoms with Crippen molar-refractivity contribution in [2.75, 3.05) is 20.3 Å². The molecule has 0 spiro atoms. The van der Waals surface area contributed by atoms with Gasteiger partial charge in [0, 0.05) is 24.4 Å². The van der Waals surface area contributed by atoms with Gasteiger partial charge in [0.15, 0.2) is 11.5 Å². The Hall–Kier alpha value is -2.10. The highest BCUT2D eigenvalue weighted by atomic mass is 32.1. The molecular weight excluding hydrogens is 334 g/mol. The number of ether oxygens (including phenoxy) is 2. The molecule has 0 amide bonds. The van der Waals surface area contributed by atoms with E-state index in [9.17, 15) is 0 Å². The van der Waals surface area contributed by atoms with Crippen LogP contribution in [0.1, 0.15) is 34.0 Å². The van der Waals surface area contributed by atoms with Crippen LogP contribution >= 0.6 is 11.3 Å². The number of nitriles is 1. The van der Waals surface area contributed by atoms with Crippen molar-refractivity contribution >= 4 is 11.3 Å². The lowest BCUT2D eigenvalue weighted by atomic mass is 10.2. The van der Waals surface area contributed by atoms with E-state index in [1.165, 1.54) is 4.88 Å². The van der Waals surface area contributed by atoms with E-state index in [-0.39, 0.29) is 0 Å². The maximum atomic E-state index is 8.59. The van der Waals surface area contributed by atoms with Crippen LogP contribution in [0.15, 0.2) is 18.2 Å². The third kappa shape index (κ3) is 6.04. The van der Waals surface area contributed by atoms with E-state index in [0.717, 1.165) is 53.7 Å². The summed E-state index contributed by atoms with van der Waals surface area (Å²) in [6.07, 6.45) is 2.21. The average Bonchev–Trinajstić information content (AvgIpc) is 2.93. The summed E-state index contributed by atoms with van der Waals surface area (Å²) in [4.78, 5) is 5.81. The number of thiazole rings is 1. The standard InChI is InChI=1S/C19H25N3O2S/c1-14-19(25-15(2)22-14)8-10-21-13-16-6-7-17(23-3)18(12-16)24-11-5-4-9-20/h6-7,12,21H,4-5,8,10-11,13H2,1-3H3. The Morgan fingerprint density at radius 1 is 1.28 bits per heavy atom. The lowest BCUT2D eigenvalue weighted by Crippen LogP contribution is -2.16. The fourth-order valence-electron chi connectivity index (χ4n) is 2.52. The SMILES string of the molecule is COc1ccc(CNCCc2sc(C)nc2C)cc1OCCCC#N. The number of nitrogens with zero attached hydrogens (tertiary/aromatic N) is 2. The van der Waals surface area contributed by atoms with Crippen LogP contribution in [-0.4, -0.2) is 25.2 Å². The fourth-order valence-corrected chi connectivity index (χ4v) is 3.45. The molecule has 1 aromatic carbocycles. The second kappa shape index (κ2) is 10.0. The first-order chi connectivity index (χ1) is 12.1. The highest BCUT2D eigenvalue weighted by molar-refractivity contribution is 7.11. The topological polar surface area (TPSA) is 67.2 Å². The van der Waals surface area contributed by atoms with Gasteiger partial charge in [-0.2, -0.15) is 5.26 Å². The molecule has 2 rings (SSSR count). The minimum atomic E-state index is 0.500. The lowest BCUT2D eigenvalue weighted by molar-refractivity contribution is 0.290. The molecular formula is C19H25N3O2S. The first kappa shape index (κ1) is 19.2. The first-order valence-corrected chi connectivity index (χ1v) is 9.26. The zero-order chi connectivity index (χ0) is 18.1. The molecule has 1 heterocycles. The Balaban J connectivity index is 1.84. The molecule has 2 aromatic rings. The second-order valence-corrected chi connectivity index (χ2v) is 7.05. The summed E-state index contributed by atoms with van der Waals surface area (Å²) in [5.74, 6) is 1.45. The maximum absolute atomic E-state index is 8.59. The van der Waals surface area contributed by atoms with E-state index in [4.69, 9.17) is 14.7 Å². The van der Waals surface area contributed by atoms with Crippen LogP contribution in [0.25, 0.3) is 0 Å². The molecule has 6 heteroatoms. The summed E-state index contributed by atoms with van der Waals surface area (Å²) in [5.41, 5.74) is 2.29. The second-order valence-electron chi connectivity index (χ2n) is 5.76. The molecule has 0 bridgehead atoms. The van der Waals surface area contributed by atoms with Crippen molar-refractivity contribution in [2.24, 2.45) is 0 Å². The van der Waals surface area contributed by atoms with Crippen molar-refractivity contribution in [3.8, 4) is 17.6 Å². The van der Waals surface area contributed by atoms with E-state index < -0.39 is 0 Å². The monoisotopic (exact) mass is 359 g/mol. The highest BCUT2D eigenvalue weighted by Crippen LogP contribution is 2.28. The van der Waals surface area contributed by atoms with Gasteiger partial charge in [-0.1, -0.05) is 6.07 Å². The van der Waals surface area contributed by atoms with Gasteiger partial charge in [0.2, 0.25) is 0 Å². The van der Waals surface area contributed by atoms with Gasteiger partial charge < -0.3 is 14.8 Å². The quantitative estimate of drug-likeness (QED) is 0.654. The van der Waals surface area contributed by atoms with Crippen molar-refractivity contribution in [1.29, 1.82) is 5.26 Å². The van der Waals surface area contributed by atoms with Gasteiger partial charge in [-0.3, -0.25) is 0 Å². The predicted molar refractivity (Wildman–Crippen MR) is 100 cm³/mol. The summed E-state index contributed by atoms with van der Waals surface area (Å²) < 4.78 is 11.1. The molecule has 0 atom stereocenters. The molecule has 0 aliphatic rings. The fraction of sp³-hybridized carbons (Fsp3) is 0.474. The van der Waals surface area contributed by atoms with Crippen molar-refractivity contribution < 1.29 is 9.47 Å². The molecule has 0 saturated heterocycles. The predicted octanol–water partition coefficient (Wildman–Crippen LogP) is 3.78. The molecule has 0 fully saturated rings. The molecule has 5 nitrogen and oxygen atoms in total. The van der Waals surface area contributed by atoms with Gasteiger partial charge in [0.05, 0.1) is 30.5 Å². The minimum Gasteiger partial charge on any atom is -0.493 e. The van der Waals surface area contributed by atoms with E-state index >= 15 is 0 Å². The number of nitrogens with one attached hydrogen (secondary N) is 1. The Kier molecular flexibility index (Phi) is 7.71. The number of benzene rings is 1. The van der Waals surface area contributed by atoms with Crippen LogP contribution < -0.4 is 14.8 Å². The Morgan fingerprint density at radius 3 is 2.80 bits per heavy atom. The highest BCUT2D eigenvalue weighted by Gasteiger charge is 2.07. The van der Waals surface area contributed by atoms with Crippen LogP contribution in [0.5, 0.6) is 11.5 Å². The first-order valence-electron chi connectivity index (χ1n) is 8.44. The van der Waals surface area contributed by atoms with E-state index in [1.54, 1.807) is 18.4 Å². The van der Waals surface area contributed by atoms with Crippen LogP contribution in [0.3, 0.4) is 0 Å². The van der Waals surface area contributed by atoms with Crippen molar-refractivity contribution in [3.05, 3.63) is 39.3 Å². The number of unbranched alkanes of at least 4 members (excludes halogenated alkanes) is 1. The van der Waals surface area contributed by atoms with Crippen LogP contribution in [-0.2, 0) is 13.0 Å². The normalized spacial score (nSPS) is 10.5. The molecule has 0 aliphatic carbocycles. The van der Waals surface area contributed by atoms with E-state index in [2.05, 4.69) is 23.3 Å². The molecule has 0 unspecified atom stereocenters. The minimum absolute atomic E-state index is 0.500. The molecule has 0 radical (unpaired) electrons. The molecule has 134 valence electrons. The van der Waals surface area contributed by atoms with E-state index in [1.807, 2.05) is 25.1 Å². The number of aromatic nitrogens is 1. The summed E-state index contributed by atoms with van der Waals surface area (Å²) >= 11 is 1.77. The number of hydrogen-bond donors (Lipinski definition) is 1. The number of methoxy groups -OCH3 is 1. The van der Waals surface area contributed by atoms with Crippen molar-refractivity contribution in [1.82, 2.24) is 10.3 Å². The van der Waals surface area contributed by atoms with Gasteiger partial charge in [-0.15, -0.1) is 11.3 Å². The maximum Gasteiger partial charge on any atom is 0.161 e. The molecule has 0 aliphatic heterocycles. The smallest absolute Gasteiger partial charge is 0.161 e. The van der Waals surface area contributed by atoms with Crippen LogP contribution in [0.4, 0.5) is 0 Å².